The summed E-state index contributed by atoms with van der Waals surface area (Å²) < 4.78 is 65.9. The monoisotopic (exact) mass is 534 g/mol. The van der Waals surface area contributed by atoms with E-state index < -0.39 is 29.6 Å². The maximum Gasteiger partial charge on any atom is 0.471 e. The second-order valence-electron chi connectivity index (χ2n) is 8.48. The van der Waals surface area contributed by atoms with Crippen LogP contribution in [0.25, 0.3) is 0 Å². The van der Waals surface area contributed by atoms with Crippen molar-refractivity contribution in [1.29, 1.82) is 0 Å². The van der Waals surface area contributed by atoms with E-state index in [0.717, 1.165) is 22.7 Å². The number of carbonyl (C=O) groups excluding carboxylic acids is 2. The van der Waals surface area contributed by atoms with Crippen LogP contribution in [0.2, 0.25) is 0 Å². The molecule has 1 saturated heterocycles. The number of nitrogens with two attached hydrogens (primary N) is 1. The van der Waals surface area contributed by atoms with Crippen molar-refractivity contribution in [1.82, 2.24) is 9.88 Å². The largest absolute Gasteiger partial charge is 0.471 e. The molecule has 3 aromatic rings. The molecular weight excluding hydrogens is 511 g/mol. The zero-order chi connectivity index (χ0) is 27.4. The minimum absolute atomic E-state index is 0.0331. The number of amides is 2. The molecule has 1 aliphatic heterocycles. The van der Waals surface area contributed by atoms with Crippen molar-refractivity contribution in [2.75, 3.05) is 41.7 Å². The molecular formula is C25H23F5N6O2. The van der Waals surface area contributed by atoms with Gasteiger partial charge in [0.1, 0.15) is 17.5 Å². The van der Waals surface area contributed by atoms with Gasteiger partial charge in [0.25, 0.3) is 5.91 Å². The lowest BCUT2D eigenvalue weighted by atomic mass is 10.1. The van der Waals surface area contributed by atoms with Gasteiger partial charge in [-0.05, 0) is 36.4 Å². The summed E-state index contributed by atoms with van der Waals surface area (Å²) in [5.74, 6) is -3.77. The lowest BCUT2D eigenvalue weighted by molar-refractivity contribution is -0.185. The van der Waals surface area contributed by atoms with Gasteiger partial charge < -0.3 is 26.2 Å². The Labute approximate surface area is 214 Å². The third-order valence-corrected chi connectivity index (χ3v) is 6.00. The topological polar surface area (TPSA) is 104 Å². The Kier molecular flexibility index (Phi) is 7.65. The molecule has 38 heavy (non-hydrogen) atoms. The molecule has 2 amide bonds. The summed E-state index contributed by atoms with van der Waals surface area (Å²) in [6.07, 6.45) is -3.65. The number of primary amides is 1. The molecule has 0 saturated carbocycles. The number of anilines is 4. The highest BCUT2D eigenvalue weighted by Gasteiger charge is 2.43. The fourth-order valence-corrected chi connectivity index (χ4v) is 4.00. The molecule has 4 rings (SSSR count). The Hall–Kier alpha value is -4.42. The number of pyridine rings is 1. The van der Waals surface area contributed by atoms with Gasteiger partial charge in [0.2, 0.25) is 0 Å². The number of benzene rings is 2. The summed E-state index contributed by atoms with van der Waals surface area (Å²) >= 11 is 0. The Morgan fingerprint density at radius 3 is 2.18 bits per heavy atom. The minimum atomic E-state index is -4.89. The molecule has 13 heteroatoms. The second-order valence-corrected chi connectivity index (χ2v) is 8.48. The predicted octanol–water partition coefficient (Wildman–Crippen LogP) is 4.03. The number of halogens is 5. The number of nitrogens with zero attached hydrogens (tertiary/aromatic N) is 3. The lowest BCUT2D eigenvalue weighted by Gasteiger charge is -2.36. The van der Waals surface area contributed by atoms with Crippen LogP contribution < -0.4 is 21.3 Å². The van der Waals surface area contributed by atoms with E-state index in [1.807, 2.05) is 4.90 Å². The van der Waals surface area contributed by atoms with Gasteiger partial charge in [-0.3, -0.25) is 9.59 Å². The van der Waals surface area contributed by atoms with Crippen molar-refractivity contribution in [3.63, 3.8) is 0 Å². The van der Waals surface area contributed by atoms with Crippen molar-refractivity contribution >= 4 is 34.7 Å². The molecule has 2 heterocycles. The van der Waals surface area contributed by atoms with Gasteiger partial charge in [-0.1, -0.05) is 6.07 Å². The van der Waals surface area contributed by atoms with Crippen LogP contribution in [0.4, 0.5) is 44.8 Å². The molecule has 0 atom stereocenters. The van der Waals surface area contributed by atoms with Gasteiger partial charge in [0, 0.05) is 61.9 Å². The molecule has 2 aromatic carbocycles. The summed E-state index contributed by atoms with van der Waals surface area (Å²) in [5, 5.41) is 5.88. The van der Waals surface area contributed by atoms with Crippen molar-refractivity contribution in [3.05, 3.63) is 77.5 Å². The number of hydrogen-bond donors (Lipinski definition) is 3. The number of piperazine rings is 1. The van der Waals surface area contributed by atoms with E-state index in [1.165, 1.54) is 18.3 Å². The number of carbonyl (C=O) groups is 2. The number of aromatic nitrogens is 1. The smallest absolute Gasteiger partial charge is 0.380 e. The highest BCUT2D eigenvalue weighted by molar-refractivity contribution is 5.98. The first-order chi connectivity index (χ1) is 18.0. The third kappa shape index (κ3) is 6.10. The van der Waals surface area contributed by atoms with Crippen molar-refractivity contribution in [2.24, 2.45) is 5.73 Å². The first kappa shape index (κ1) is 26.6. The van der Waals surface area contributed by atoms with Gasteiger partial charge in [-0.15, -0.1) is 0 Å². The summed E-state index contributed by atoms with van der Waals surface area (Å²) in [6, 6.07) is 12.0. The Morgan fingerprint density at radius 1 is 0.974 bits per heavy atom. The number of rotatable bonds is 7. The molecule has 0 aliphatic carbocycles. The van der Waals surface area contributed by atoms with Crippen LogP contribution in [-0.2, 0) is 11.3 Å². The molecule has 0 bridgehead atoms. The van der Waals surface area contributed by atoms with E-state index in [4.69, 9.17) is 5.73 Å². The van der Waals surface area contributed by atoms with Gasteiger partial charge in [-0.2, -0.15) is 13.2 Å². The molecule has 200 valence electrons. The normalized spacial score (nSPS) is 13.8. The first-order valence-electron chi connectivity index (χ1n) is 11.5. The van der Waals surface area contributed by atoms with Crippen LogP contribution in [0, 0.1) is 11.6 Å². The zero-order valence-corrected chi connectivity index (χ0v) is 19.9. The molecule has 0 radical (unpaired) electrons. The quantitative estimate of drug-likeness (QED) is 0.396. The predicted molar refractivity (Wildman–Crippen MR) is 131 cm³/mol. The van der Waals surface area contributed by atoms with Crippen LogP contribution in [0.5, 0.6) is 0 Å². The van der Waals surface area contributed by atoms with Gasteiger partial charge in [-0.25, -0.2) is 13.8 Å². The minimum Gasteiger partial charge on any atom is -0.380 e. The van der Waals surface area contributed by atoms with Crippen molar-refractivity contribution in [2.45, 2.75) is 12.7 Å². The Morgan fingerprint density at radius 2 is 1.61 bits per heavy atom. The molecule has 8 nitrogen and oxygen atoms in total. The molecule has 0 spiro atoms. The SMILES string of the molecule is NC(=O)c1cnc(Nc2ccc(N3CCN(C(=O)C(F)(F)F)CC3)cc2)cc1NCc1c(F)cccc1F. The van der Waals surface area contributed by atoms with Crippen LogP contribution >= 0.6 is 0 Å². The third-order valence-electron chi connectivity index (χ3n) is 6.00. The number of nitrogens with one attached hydrogen (secondary N) is 2. The highest BCUT2D eigenvalue weighted by atomic mass is 19.4. The second kappa shape index (κ2) is 10.9. The van der Waals surface area contributed by atoms with Crippen molar-refractivity contribution < 1.29 is 31.5 Å². The van der Waals surface area contributed by atoms with Crippen molar-refractivity contribution in [3.8, 4) is 0 Å². The fraction of sp³-hybridized carbons (Fsp3) is 0.240. The van der Waals surface area contributed by atoms with E-state index in [0.29, 0.717) is 11.5 Å². The van der Waals surface area contributed by atoms with E-state index >= 15 is 0 Å². The highest BCUT2D eigenvalue weighted by Crippen LogP contribution is 2.26. The standard InChI is InChI=1S/C25H23F5N6O2/c26-19-2-1-3-20(27)17(19)13-32-21-12-22(33-14-18(21)23(31)37)34-15-4-6-16(7-5-15)35-8-10-36(11-9-35)24(38)25(28,29)30/h1-7,12,14H,8-11,13H2,(H2,31,37)(H2,32,33,34). The van der Waals surface area contributed by atoms with E-state index in [-0.39, 0.29) is 49.5 Å². The van der Waals surface area contributed by atoms with E-state index in [1.54, 1.807) is 24.3 Å². The average Bonchev–Trinajstić information content (AvgIpc) is 2.88. The van der Waals surface area contributed by atoms with Crippen LogP contribution in [0.3, 0.4) is 0 Å². The Balaban J connectivity index is 1.42. The maximum atomic E-state index is 14.0. The van der Waals surface area contributed by atoms with Crippen LogP contribution in [0.1, 0.15) is 15.9 Å². The Bertz CT molecular complexity index is 1300. The molecule has 4 N–H and O–H groups in total. The number of hydrogen-bond acceptors (Lipinski definition) is 6. The molecule has 1 fully saturated rings. The average molecular weight is 534 g/mol. The van der Waals surface area contributed by atoms with E-state index in [2.05, 4.69) is 15.6 Å². The first-order valence-corrected chi connectivity index (χ1v) is 11.5. The fourth-order valence-electron chi connectivity index (χ4n) is 4.00. The summed E-state index contributed by atoms with van der Waals surface area (Å²) in [6.45, 7) is 0.186. The van der Waals surface area contributed by atoms with Gasteiger partial charge in [0.15, 0.2) is 0 Å². The summed E-state index contributed by atoms with van der Waals surface area (Å²) in [7, 11) is 0. The zero-order valence-electron chi connectivity index (χ0n) is 19.9. The van der Waals surface area contributed by atoms with Crippen LogP contribution in [0.15, 0.2) is 54.7 Å². The van der Waals surface area contributed by atoms with E-state index in [9.17, 15) is 31.5 Å². The molecule has 1 aromatic heterocycles. The summed E-state index contributed by atoms with van der Waals surface area (Å²) in [5.41, 5.74) is 6.85. The maximum absolute atomic E-state index is 14.0. The lowest BCUT2D eigenvalue weighted by Crippen LogP contribution is -2.52. The molecule has 1 aliphatic rings. The summed E-state index contributed by atoms with van der Waals surface area (Å²) in [4.78, 5) is 30.1. The number of alkyl halides is 3. The van der Waals surface area contributed by atoms with Crippen LogP contribution in [-0.4, -0.2) is 54.1 Å². The van der Waals surface area contributed by atoms with Gasteiger partial charge in [0.05, 0.1) is 11.3 Å². The molecule has 0 unspecified atom stereocenters. The van der Waals surface area contributed by atoms with Gasteiger partial charge >= 0.3 is 12.1 Å².